The molecule has 0 aliphatic carbocycles. The molecule has 3 N–H and O–H groups in total. The van der Waals surface area contributed by atoms with Crippen molar-refractivity contribution in [1.29, 1.82) is 5.26 Å². The van der Waals surface area contributed by atoms with Crippen LogP contribution < -0.4 is 11.1 Å². The zero-order valence-corrected chi connectivity index (χ0v) is 14.9. The van der Waals surface area contributed by atoms with Gasteiger partial charge in [0.2, 0.25) is 5.91 Å². The number of benzene rings is 3. The monoisotopic (exact) mass is 359 g/mol. The van der Waals surface area contributed by atoms with Gasteiger partial charge in [0.15, 0.2) is 0 Å². The van der Waals surface area contributed by atoms with Gasteiger partial charge in [0.1, 0.15) is 6.04 Å². The molecule has 1 atom stereocenters. The number of primary amides is 1. The fourth-order valence-electron chi connectivity index (χ4n) is 3.33. The fourth-order valence-corrected chi connectivity index (χ4v) is 3.33. The molecule has 0 heterocycles. The summed E-state index contributed by atoms with van der Waals surface area (Å²) in [6, 6.07) is 18.8. The van der Waals surface area contributed by atoms with Crippen molar-refractivity contribution in [2.75, 3.05) is 0 Å². The molecule has 3 rings (SSSR count). The van der Waals surface area contributed by atoms with Gasteiger partial charge in [0.05, 0.1) is 11.6 Å². The summed E-state index contributed by atoms with van der Waals surface area (Å²) in [6.07, 6.45) is 2.17. The van der Waals surface area contributed by atoms with E-state index in [-0.39, 0.29) is 5.91 Å². The van der Waals surface area contributed by atoms with E-state index >= 15 is 0 Å². The van der Waals surface area contributed by atoms with Crippen molar-refractivity contribution < 1.29 is 9.59 Å². The van der Waals surface area contributed by atoms with Crippen molar-refractivity contribution in [3.8, 4) is 6.07 Å². The van der Waals surface area contributed by atoms with Crippen LogP contribution in [0.3, 0.4) is 0 Å². The molecule has 0 aliphatic rings. The molecule has 27 heavy (non-hydrogen) atoms. The first-order valence-corrected chi connectivity index (χ1v) is 8.99. The summed E-state index contributed by atoms with van der Waals surface area (Å²) in [5, 5.41) is 15.0. The molecule has 0 saturated heterocycles. The van der Waals surface area contributed by atoms with E-state index in [1.54, 1.807) is 0 Å². The van der Waals surface area contributed by atoms with E-state index in [0.717, 1.165) is 21.5 Å². The van der Waals surface area contributed by atoms with E-state index in [9.17, 15) is 9.59 Å². The van der Waals surface area contributed by atoms with Gasteiger partial charge in [-0.3, -0.25) is 9.59 Å². The molecule has 5 heteroatoms. The van der Waals surface area contributed by atoms with E-state index in [1.165, 1.54) is 0 Å². The Morgan fingerprint density at radius 1 is 1.00 bits per heavy atom. The highest BCUT2D eigenvalue weighted by atomic mass is 16.2. The maximum absolute atomic E-state index is 13.1. The summed E-state index contributed by atoms with van der Waals surface area (Å²) in [6.45, 7) is 0. The van der Waals surface area contributed by atoms with Crippen molar-refractivity contribution in [3.05, 3.63) is 60.2 Å². The number of nitrogens with one attached hydrogen (secondary N) is 1. The highest BCUT2D eigenvalue weighted by molar-refractivity contribution is 6.18. The van der Waals surface area contributed by atoms with Crippen LogP contribution in [-0.2, 0) is 4.79 Å². The highest BCUT2D eigenvalue weighted by Gasteiger charge is 2.21. The minimum absolute atomic E-state index is 0.313. The summed E-state index contributed by atoms with van der Waals surface area (Å²) >= 11 is 0. The van der Waals surface area contributed by atoms with Gasteiger partial charge in [-0.1, -0.05) is 48.5 Å². The van der Waals surface area contributed by atoms with Crippen molar-refractivity contribution in [2.45, 2.75) is 31.7 Å². The van der Waals surface area contributed by atoms with Crippen LogP contribution in [-0.4, -0.2) is 17.9 Å². The van der Waals surface area contributed by atoms with Crippen molar-refractivity contribution >= 4 is 33.4 Å². The third-order valence-electron chi connectivity index (χ3n) is 4.68. The van der Waals surface area contributed by atoms with E-state index in [2.05, 4.69) is 17.5 Å². The zero-order chi connectivity index (χ0) is 19.2. The lowest BCUT2D eigenvalue weighted by molar-refractivity contribution is -0.120. The number of fused-ring (bicyclic) bond motifs is 2. The SMILES string of the molecule is N#CCCCC[C@@H](NC(=O)c1c2ccccc2cc2ccccc12)C(N)=O. The Balaban J connectivity index is 1.96. The molecule has 0 unspecified atom stereocenters. The van der Waals surface area contributed by atoms with Gasteiger partial charge >= 0.3 is 0 Å². The summed E-state index contributed by atoms with van der Waals surface area (Å²) in [4.78, 5) is 24.9. The zero-order valence-electron chi connectivity index (χ0n) is 14.9. The molecule has 3 aromatic carbocycles. The molecule has 136 valence electrons. The molecular weight excluding hydrogens is 338 g/mol. The van der Waals surface area contributed by atoms with Crippen LogP contribution in [0.4, 0.5) is 0 Å². The Morgan fingerprint density at radius 3 is 2.15 bits per heavy atom. The molecule has 0 radical (unpaired) electrons. The summed E-state index contributed by atoms with van der Waals surface area (Å²) in [5.41, 5.74) is 6.03. The second kappa shape index (κ2) is 8.33. The second-order valence-corrected chi connectivity index (χ2v) is 6.53. The maximum Gasteiger partial charge on any atom is 0.253 e. The summed E-state index contributed by atoms with van der Waals surface area (Å²) in [7, 11) is 0. The number of hydrogen-bond donors (Lipinski definition) is 2. The largest absolute Gasteiger partial charge is 0.368 e. The Labute approximate surface area is 157 Å². The molecule has 0 aromatic heterocycles. The Kier molecular flexibility index (Phi) is 5.68. The lowest BCUT2D eigenvalue weighted by Crippen LogP contribution is -2.44. The molecule has 0 aliphatic heterocycles. The van der Waals surface area contributed by atoms with Crippen LogP contribution in [0.25, 0.3) is 21.5 Å². The fraction of sp³-hybridized carbons (Fsp3) is 0.227. The van der Waals surface area contributed by atoms with Gasteiger partial charge < -0.3 is 11.1 Å². The van der Waals surface area contributed by atoms with Gasteiger partial charge in [0, 0.05) is 6.42 Å². The number of unbranched alkanes of at least 4 members (excludes halogenated alkanes) is 2. The quantitative estimate of drug-likeness (QED) is 0.498. The molecule has 0 spiro atoms. The van der Waals surface area contributed by atoms with Crippen molar-refractivity contribution in [1.82, 2.24) is 5.32 Å². The van der Waals surface area contributed by atoms with Crippen molar-refractivity contribution in [3.63, 3.8) is 0 Å². The average Bonchev–Trinajstić information content (AvgIpc) is 2.68. The molecule has 5 nitrogen and oxygen atoms in total. The highest BCUT2D eigenvalue weighted by Crippen LogP contribution is 2.28. The lowest BCUT2D eigenvalue weighted by Gasteiger charge is -2.17. The molecule has 0 fully saturated rings. The van der Waals surface area contributed by atoms with Gasteiger partial charge in [0.25, 0.3) is 5.91 Å². The van der Waals surface area contributed by atoms with Crippen LogP contribution in [0.2, 0.25) is 0 Å². The van der Waals surface area contributed by atoms with Gasteiger partial charge in [-0.15, -0.1) is 0 Å². The number of carbonyl (C=O) groups is 2. The van der Waals surface area contributed by atoms with Crippen LogP contribution in [0.15, 0.2) is 54.6 Å². The van der Waals surface area contributed by atoms with Crippen molar-refractivity contribution in [2.24, 2.45) is 5.73 Å². The smallest absolute Gasteiger partial charge is 0.253 e. The van der Waals surface area contributed by atoms with Crippen LogP contribution in [0.1, 0.15) is 36.0 Å². The minimum Gasteiger partial charge on any atom is -0.368 e. The number of hydrogen-bond acceptors (Lipinski definition) is 3. The second-order valence-electron chi connectivity index (χ2n) is 6.53. The standard InChI is InChI=1S/C22H21N3O2/c23-13-7-1-2-12-19(21(24)26)25-22(27)20-17-10-5-3-8-15(17)14-16-9-4-6-11-18(16)20/h3-6,8-11,14,19H,1-2,7,12H2,(H2,24,26)(H,25,27)/t19-/m1/s1. The Morgan fingerprint density at radius 2 is 1.59 bits per heavy atom. The average molecular weight is 359 g/mol. The third-order valence-corrected chi connectivity index (χ3v) is 4.68. The third kappa shape index (κ3) is 4.06. The Hall–Kier alpha value is -3.39. The molecule has 0 saturated carbocycles. The summed E-state index contributed by atoms with van der Waals surface area (Å²) in [5.74, 6) is -0.878. The van der Waals surface area contributed by atoms with Crippen LogP contribution in [0, 0.1) is 11.3 Å². The van der Waals surface area contributed by atoms with Crippen LogP contribution in [0.5, 0.6) is 0 Å². The first-order valence-electron chi connectivity index (χ1n) is 8.99. The first kappa shape index (κ1) is 18.4. The minimum atomic E-state index is -0.756. The first-order chi connectivity index (χ1) is 13.1. The number of rotatable bonds is 7. The predicted molar refractivity (Wildman–Crippen MR) is 106 cm³/mol. The maximum atomic E-state index is 13.1. The van der Waals surface area contributed by atoms with E-state index in [1.807, 2.05) is 48.5 Å². The Bertz CT molecular complexity index is 983. The van der Waals surface area contributed by atoms with Crippen LogP contribution >= 0.6 is 0 Å². The molecule has 0 bridgehead atoms. The van der Waals surface area contributed by atoms with Gasteiger partial charge in [-0.2, -0.15) is 5.26 Å². The number of nitrogens with zero attached hydrogens (tertiary/aromatic N) is 1. The van der Waals surface area contributed by atoms with Gasteiger partial charge in [-0.05, 0) is 46.9 Å². The summed E-state index contributed by atoms with van der Waals surface area (Å²) < 4.78 is 0. The van der Waals surface area contributed by atoms with E-state index < -0.39 is 11.9 Å². The van der Waals surface area contributed by atoms with Gasteiger partial charge in [-0.25, -0.2) is 0 Å². The lowest BCUT2D eigenvalue weighted by atomic mass is 9.96. The van der Waals surface area contributed by atoms with E-state index in [0.29, 0.717) is 31.2 Å². The molecule has 3 aromatic rings. The number of amides is 2. The van der Waals surface area contributed by atoms with E-state index in [4.69, 9.17) is 11.0 Å². The normalized spacial score (nSPS) is 11.8. The number of nitriles is 1. The predicted octanol–water partition coefficient (Wildman–Crippen LogP) is 3.66. The molecule has 2 amide bonds. The topological polar surface area (TPSA) is 96.0 Å². The molecular formula is C22H21N3O2. The number of nitrogens with two attached hydrogens (primary N) is 1. The number of carbonyl (C=O) groups excluding carboxylic acids is 2.